The van der Waals surface area contributed by atoms with Crippen LogP contribution in [0.1, 0.15) is 23.1 Å². The fraction of sp³-hybridized carbons (Fsp3) is 0.125. The Hall–Kier alpha value is -2.46. The second-order valence-corrected chi connectivity index (χ2v) is 4.47. The topological polar surface area (TPSA) is 63.4 Å². The Kier molecular flexibility index (Phi) is 4.27. The van der Waals surface area contributed by atoms with Crippen molar-refractivity contribution in [1.29, 1.82) is 0 Å². The highest BCUT2D eigenvalue weighted by Crippen LogP contribution is 2.32. The average molecular weight is 269 g/mol. The Balaban J connectivity index is 2.34. The molecule has 4 heteroatoms. The summed E-state index contributed by atoms with van der Waals surface area (Å²) >= 11 is 0. The fourth-order valence-electron chi connectivity index (χ4n) is 2.15. The number of nitro benzene ring substituents is 1. The molecule has 0 aliphatic carbocycles. The van der Waals surface area contributed by atoms with Gasteiger partial charge >= 0.3 is 0 Å². The number of benzene rings is 2. The first kappa shape index (κ1) is 14.0. The van der Waals surface area contributed by atoms with Crippen LogP contribution in [-0.4, -0.2) is 10.0 Å². The van der Waals surface area contributed by atoms with Gasteiger partial charge in [0, 0.05) is 18.1 Å². The molecule has 1 N–H and O–H groups in total. The molecule has 0 unspecified atom stereocenters. The van der Waals surface area contributed by atoms with E-state index in [1.807, 2.05) is 30.3 Å². The van der Waals surface area contributed by atoms with Gasteiger partial charge in [-0.2, -0.15) is 0 Å². The zero-order valence-electron chi connectivity index (χ0n) is 10.8. The minimum Gasteiger partial charge on any atom is -0.387 e. The van der Waals surface area contributed by atoms with E-state index in [1.54, 1.807) is 18.2 Å². The van der Waals surface area contributed by atoms with Crippen LogP contribution in [-0.2, 0) is 0 Å². The molecule has 20 heavy (non-hydrogen) atoms. The van der Waals surface area contributed by atoms with E-state index in [1.165, 1.54) is 12.1 Å². The van der Waals surface area contributed by atoms with Crippen LogP contribution >= 0.6 is 0 Å². The lowest BCUT2D eigenvalue weighted by Gasteiger charge is -2.20. The van der Waals surface area contributed by atoms with E-state index in [0.717, 1.165) is 5.56 Å². The Morgan fingerprint density at radius 2 is 1.75 bits per heavy atom. The molecule has 2 aromatic carbocycles. The quantitative estimate of drug-likeness (QED) is 0.512. The Morgan fingerprint density at radius 1 is 1.10 bits per heavy atom. The number of hydrogen-bond acceptors (Lipinski definition) is 3. The molecule has 0 bridgehead atoms. The highest BCUT2D eigenvalue weighted by Gasteiger charge is 2.21. The molecular formula is C16H15NO3. The maximum absolute atomic E-state index is 10.8. The maximum Gasteiger partial charge on any atom is 0.269 e. The lowest BCUT2D eigenvalue weighted by molar-refractivity contribution is -0.385. The SMILES string of the molecule is C=C[C@H](c1ccccc1)[C@H](O)c1cccc([N+](=O)[O-])c1. The summed E-state index contributed by atoms with van der Waals surface area (Å²) < 4.78 is 0. The van der Waals surface area contributed by atoms with Crippen LogP contribution in [0.5, 0.6) is 0 Å². The molecule has 2 rings (SSSR count). The predicted molar refractivity (Wildman–Crippen MR) is 77.4 cm³/mol. The molecule has 0 aromatic heterocycles. The van der Waals surface area contributed by atoms with Crippen LogP contribution in [0.4, 0.5) is 5.69 Å². The summed E-state index contributed by atoms with van der Waals surface area (Å²) in [5, 5.41) is 21.2. The van der Waals surface area contributed by atoms with Crippen molar-refractivity contribution in [3.05, 3.63) is 88.5 Å². The molecular weight excluding hydrogens is 254 g/mol. The van der Waals surface area contributed by atoms with Crippen LogP contribution in [0.15, 0.2) is 67.3 Å². The highest BCUT2D eigenvalue weighted by molar-refractivity contribution is 5.38. The summed E-state index contributed by atoms with van der Waals surface area (Å²) in [6.07, 6.45) is 0.786. The minimum atomic E-state index is -0.866. The van der Waals surface area contributed by atoms with E-state index < -0.39 is 11.0 Å². The second kappa shape index (κ2) is 6.12. The van der Waals surface area contributed by atoms with E-state index >= 15 is 0 Å². The molecule has 2 atom stereocenters. The van der Waals surface area contributed by atoms with Gasteiger partial charge < -0.3 is 5.11 Å². The zero-order valence-corrected chi connectivity index (χ0v) is 10.8. The average Bonchev–Trinajstić information content (AvgIpc) is 2.49. The molecule has 0 fully saturated rings. The predicted octanol–water partition coefficient (Wildman–Crippen LogP) is 3.60. The minimum absolute atomic E-state index is 0.0302. The summed E-state index contributed by atoms with van der Waals surface area (Å²) in [5.74, 6) is -0.307. The van der Waals surface area contributed by atoms with Gasteiger partial charge in [-0.05, 0) is 11.1 Å². The van der Waals surface area contributed by atoms with Crippen molar-refractivity contribution in [1.82, 2.24) is 0 Å². The molecule has 2 aromatic rings. The van der Waals surface area contributed by atoms with E-state index in [4.69, 9.17) is 0 Å². The normalized spacial score (nSPS) is 13.4. The van der Waals surface area contributed by atoms with Crippen LogP contribution in [0.25, 0.3) is 0 Å². The third-order valence-electron chi connectivity index (χ3n) is 3.20. The molecule has 0 amide bonds. The van der Waals surface area contributed by atoms with Gasteiger partial charge in [-0.1, -0.05) is 48.5 Å². The first-order valence-electron chi connectivity index (χ1n) is 6.23. The van der Waals surface area contributed by atoms with E-state index in [9.17, 15) is 15.2 Å². The van der Waals surface area contributed by atoms with Crippen LogP contribution in [0, 0.1) is 10.1 Å². The van der Waals surface area contributed by atoms with Crippen LogP contribution < -0.4 is 0 Å². The molecule has 0 saturated carbocycles. The van der Waals surface area contributed by atoms with Gasteiger partial charge in [0.25, 0.3) is 5.69 Å². The first-order chi connectivity index (χ1) is 9.63. The van der Waals surface area contributed by atoms with Crippen molar-refractivity contribution in [3.8, 4) is 0 Å². The van der Waals surface area contributed by atoms with Crippen molar-refractivity contribution in [2.75, 3.05) is 0 Å². The van der Waals surface area contributed by atoms with Crippen molar-refractivity contribution in [2.24, 2.45) is 0 Å². The number of nitro groups is 1. The lowest BCUT2D eigenvalue weighted by atomic mass is 9.89. The number of hydrogen-bond donors (Lipinski definition) is 1. The Morgan fingerprint density at radius 3 is 2.35 bits per heavy atom. The molecule has 0 heterocycles. The molecule has 102 valence electrons. The largest absolute Gasteiger partial charge is 0.387 e. The van der Waals surface area contributed by atoms with Crippen molar-refractivity contribution >= 4 is 5.69 Å². The van der Waals surface area contributed by atoms with Crippen LogP contribution in [0.2, 0.25) is 0 Å². The van der Waals surface area contributed by atoms with Crippen molar-refractivity contribution < 1.29 is 10.0 Å². The fourth-order valence-corrected chi connectivity index (χ4v) is 2.15. The van der Waals surface area contributed by atoms with Gasteiger partial charge in [0.15, 0.2) is 0 Å². The van der Waals surface area contributed by atoms with Crippen LogP contribution in [0.3, 0.4) is 0 Å². The van der Waals surface area contributed by atoms with Crippen molar-refractivity contribution in [3.63, 3.8) is 0 Å². The summed E-state index contributed by atoms with van der Waals surface area (Å²) in [4.78, 5) is 10.3. The van der Waals surface area contributed by atoms with Gasteiger partial charge in [0.1, 0.15) is 0 Å². The highest BCUT2D eigenvalue weighted by atomic mass is 16.6. The lowest BCUT2D eigenvalue weighted by Crippen LogP contribution is -2.09. The molecule has 0 radical (unpaired) electrons. The summed E-state index contributed by atoms with van der Waals surface area (Å²) in [6, 6.07) is 15.5. The second-order valence-electron chi connectivity index (χ2n) is 4.47. The van der Waals surface area contributed by atoms with Gasteiger partial charge in [-0.25, -0.2) is 0 Å². The number of aliphatic hydroxyl groups is 1. The number of non-ortho nitro benzene ring substituents is 1. The molecule has 0 spiro atoms. The van der Waals surface area contributed by atoms with Gasteiger partial charge in [0.2, 0.25) is 0 Å². The zero-order chi connectivity index (χ0) is 14.5. The summed E-state index contributed by atoms with van der Waals surface area (Å²) in [5.41, 5.74) is 1.40. The molecule has 4 nitrogen and oxygen atoms in total. The smallest absolute Gasteiger partial charge is 0.269 e. The maximum atomic E-state index is 10.8. The van der Waals surface area contributed by atoms with E-state index in [0.29, 0.717) is 5.56 Å². The Bertz CT molecular complexity index is 610. The van der Waals surface area contributed by atoms with E-state index in [2.05, 4.69) is 6.58 Å². The van der Waals surface area contributed by atoms with Gasteiger partial charge in [0.05, 0.1) is 11.0 Å². The first-order valence-corrected chi connectivity index (χ1v) is 6.23. The third kappa shape index (κ3) is 2.92. The van der Waals surface area contributed by atoms with Crippen molar-refractivity contribution in [2.45, 2.75) is 12.0 Å². The molecule has 0 aliphatic heterocycles. The van der Waals surface area contributed by atoms with Gasteiger partial charge in [-0.3, -0.25) is 10.1 Å². The Labute approximate surface area is 117 Å². The third-order valence-corrected chi connectivity index (χ3v) is 3.20. The monoisotopic (exact) mass is 269 g/mol. The molecule has 0 saturated heterocycles. The summed E-state index contributed by atoms with van der Waals surface area (Å²) in [6.45, 7) is 3.75. The number of rotatable bonds is 5. The summed E-state index contributed by atoms with van der Waals surface area (Å²) in [7, 11) is 0. The number of nitrogens with zero attached hydrogens (tertiary/aromatic N) is 1. The standard InChI is InChI=1S/C16H15NO3/c1-2-15(12-7-4-3-5-8-12)16(18)13-9-6-10-14(11-13)17(19)20/h2-11,15-16,18H,1H2/t15-,16-/m1/s1. The van der Waals surface area contributed by atoms with E-state index in [-0.39, 0.29) is 11.6 Å². The van der Waals surface area contributed by atoms with Gasteiger partial charge in [-0.15, -0.1) is 6.58 Å². The molecule has 0 aliphatic rings. The number of aliphatic hydroxyl groups excluding tert-OH is 1.